The van der Waals surface area contributed by atoms with E-state index in [1.54, 1.807) is 6.07 Å². The summed E-state index contributed by atoms with van der Waals surface area (Å²) in [5.41, 5.74) is 0.172. The number of halogens is 4. The molecule has 0 aliphatic carbocycles. The fraction of sp³-hybridized carbons (Fsp3) is 0.500. The van der Waals surface area contributed by atoms with Crippen molar-refractivity contribution in [1.29, 1.82) is 0 Å². The first-order chi connectivity index (χ1) is 8.88. The van der Waals surface area contributed by atoms with Crippen LogP contribution >= 0.6 is 15.9 Å². The number of likely N-dealkylation sites (tertiary alicyclic amines) is 1. The Morgan fingerprint density at radius 2 is 2.16 bits per heavy atom. The fourth-order valence-corrected chi connectivity index (χ4v) is 2.33. The summed E-state index contributed by atoms with van der Waals surface area (Å²) in [5.74, 6) is -1.87. The summed E-state index contributed by atoms with van der Waals surface area (Å²) in [6.45, 7) is 0.0727. The molecular weight excluding hydrogens is 325 g/mol. The Morgan fingerprint density at radius 3 is 2.74 bits per heavy atom. The molecule has 1 aromatic rings. The van der Waals surface area contributed by atoms with Crippen LogP contribution < -0.4 is 0 Å². The summed E-state index contributed by atoms with van der Waals surface area (Å²) in [7, 11) is 0. The number of alkyl halides is 3. The number of rotatable bonds is 1. The van der Waals surface area contributed by atoms with Crippen LogP contribution in [0.3, 0.4) is 0 Å². The molecule has 1 aliphatic rings. The minimum atomic E-state index is -4.24. The largest absolute Gasteiger partial charge is 0.393 e. The van der Waals surface area contributed by atoms with E-state index >= 15 is 0 Å². The maximum Gasteiger partial charge on any atom is 0.393 e. The summed E-state index contributed by atoms with van der Waals surface area (Å²) in [6, 6.07) is 3.15. The highest BCUT2D eigenvalue weighted by atomic mass is 79.9. The van der Waals surface area contributed by atoms with Crippen LogP contribution in [-0.4, -0.2) is 35.1 Å². The molecule has 1 atom stereocenters. The van der Waals surface area contributed by atoms with Gasteiger partial charge in [0.25, 0.3) is 5.91 Å². The third-order valence-corrected chi connectivity index (χ3v) is 3.59. The van der Waals surface area contributed by atoms with Crippen LogP contribution in [0.15, 0.2) is 22.8 Å². The zero-order valence-electron chi connectivity index (χ0n) is 9.95. The number of hydrogen-bond donors (Lipinski definition) is 0. The summed E-state index contributed by atoms with van der Waals surface area (Å²) in [5, 5.41) is 0. The van der Waals surface area contributed by atoms with Crippen molar-refractivity contribution in [2.75, 3.05) is 13.1 Å². The lowest BCUT2D eigenvalue weighted by molar-refractivity contribution is -0.184. The maximum atomic E-state index is 12.7. The summed E-state index contributed by atoms with van der Waals surface area (Å²) < 4.78 is 38.7. The van der Waals surface area contributed by atoms with E-state index in [0.717, 1.165) is 4.47 Å². The van der Waals surface area contributed by atoms with Gasteiger partial charge in [-0.3, -0.25) is 4.79 Å². The molecule has 0 bridgehead atoms. The smallest absolute Gasteiger partial charge is 0.337 e. The van der Waals surface area contributed by atoms with Crippen molar-refractivity contribution in [2.24, 2.45) is 5.92 Å². The Balaban J connectivity index is 2.09. The molecule has 3 nitrogen and oxygen atoms in total. The standard InChI is InChI=1S/C12H12BrF3N2O/c13-9-3-4-10(17-6-9)11(19)18-5-1-2-8(7-18)12(14,15)16/h3-4,6,8H,1-2,5,7H2. The Kier molecular flexibility index (Phi) is 4.13. The average molecular weight is 337 g/mol. The Hall–Kier alpha value is -1.11. The fourth-order valence-electron chi connectivity index (χ4n) is 2.09. The van der Waals surface area contributed by atoms with Crippen molar-refractivity contribution >= 4 is 21.8 Å². The van der Waals surface area contributed by atoms with Crippen LogP contribution in [0.25, 0.3) is 0 Å². The number of pyridine rings is 1. The molecule has 1 amide bonds. The van der Waals surface area contributed by atoms with Gasteiger partial charge in [0.1, 0.15) is 5.69 Å². The topological polar surface area (TPSA) is 33.2 Å². The van der Waals surface area contributed by atoms with Gasteiger partial charge in [0.15, 0.2) is 0 Å². The van der Waals surface area contributed by atoms with Gasteiger partial charge >= 0.3 is 6.18 Å². The molecule has 1 saturated heterocycles. The molecule has 7 heteroatoms. The van der Waals surface area contributed by atoms with Gasteiger partial charge in [-0.1, -0.05) is 0 Å². The highest BCUT2D eigenvalue weighted by Gasteiger charge is 2.42. The molecule has 2 heterocycles. The van der Waals surface area contributed by atoms with Crippen LogP contribution in [0, 0.1) is 5.92 Å². The maximum absolute atomic E-state index is 12.7. The molecule has 0 radical (unpaired) electrons. The van der Waals surface area contributed by atoms with E-state index in [2.05, 4.69) is 20.9 Å². The quantitative estimate of drug-likeness (QED) is 0.788. The average Bonchev–Trinajstić information content (AvgIpc) is 2.38. The van der Waals surface area contributed by atoms with E-state index in [1.165, 1.54) is 17.2 Å². The van der Waals surface area contributed by atoms with Gasteiger partial charge in [-0.05, 0) is 40.9 Å². The van der Waals surface area contributed by atoms with Crippen molar-refractivity contribution in [2.45, 2.75) is 19.0 Å². The predicted molar refractivity (Wildman–Crippen MR) is 66.6 cm³/mol. The van der Waals surface area contributed by atoms with Gasteiger partial charge in [-0.15, -0.1) is 0 Å². The molecule has 1 aliphatic heterocycles. The minimum Gasteiger partial charge on any atom is -0.337 e. The Labute approximate surface area is 116 Å². The normalized spacial score (nSPS) is 20.4. The van der Waals surface area contributed by atoms with Crippen molar-refractivity contribution < 1.29 is 18.0 Å². The first-order valence-corrected chi connectivity index (χ1v) is 6.65. The second-order valence-electron chi connectivity index (χ2n) is 4.49. The zero-order valence-corrected chi connectivity index (χ0v) is 11.5. The third-order valence-electron chi connectivity index (χ3n) is 3.12. The number of piperidine rings is 1. The summed E-state index contributed by atoms with van der Waals surface area (Å²) in [6.07, 6.45) is -2.34. The second kappa shape index (κ2) is 5.48. The molecular formula is C12H12BrF3N2O. The van der Waals surface area contributed by atoms with E-state index in [4.69, 9.17) is 0 Å². The van der Waals surface area contributed by atoms with Gasteiger partial charge in [-0.2, -0.15) is 13.2 Å². The van der Waals surface area contributed by atoms with Crippen LogP contribution in [0.5, 0.6) is 0 Å². The molecule has 1 unspecified atom stereocenters. The molecule has 104 valence electrons. The molecule has 0 aromatic carbocycles. The van der Waals surface area contributed by atoms with Gasteiger partial charge in [0.05, 0.1) is 5.92 Å². The number of carbonyl (C=O) groups excluding carboxylic acids is 1. The van der Waals surface area contributed by atoms with Crippen molar-refractivity contribution in [3.05, 3.63) is 28.5 Å². The lowest BCUT2D eigenvalue weighted by Crippen LogP contribution is -2.44. The van der Waals surface area contributed by atoms with Crippen LogP contribution in [-0.2, 0) is 0 Å². The minimum absolute atomic E-state index is 0.0844. The highest BCUT2D eigenvalue weighted by molar-refractivity contribution is 9.10. The highest BCUT2D eigenvalue weighted by Crippen LogP contribution is 2.33. The molecule has 2 rings (SSSR count). The van der Waals surface area contributed by atoms with Gasteiger partial charge in [0, 0.05) is 23.8 Å². The van der Waals surface area contributed by atoms with Crippen molar-refractivity contribution in [3.8, 4) is 0 Å². The van der Waals surface area contributed by atoms with E-state index in [-0.39, 0.29) is 18.7 Å². The van der Waals surface area contributed by atoms with Gasteiger partial charge in [0.2, 0.25) is 0 Å². The van der Waals surface area contributed by atoms with Crippen molar-refractivity contribution in [1.82, 2.24) is 9.88 Å². The van der Waals surface area contributed by atoms with Crippen molar-refractivity contribution in [3.63, 3.8) is 0 Å². The van der Waals surface area contributed by atoms with E-state index in [1.807, 2.05) is 0 Å². The van der Waals surface area contributed by atoms with E-state index in [9.17, 15) is 18.0 Å². The molecule has 1 fully saturated rings. The van der Waals surface area contributed by atoms with Crippen LogP contribution in [0.1, 0.15) is 23.3 Å². The molecule has 19 heavy (non-hydrogen) atoms. The van der Waals surface area contributed by atoms with E-state index < -0.39 is 18.0 Å². The number of carbonyl (C=O) groups is 1. The predicted octanol–water partition coefficient (Wildman–Crippen LogP) is 3.26. The SMILES string of the molecule is O=C(c1ccc(Br)cn1)N1CCCC(C(F)(F)F)C1. The summed E-state index contributed by atoms with van der Waals surface area (Å²) in [4.78, 5) is 17.2. The third kappa shape index (κ3) is 3.46. The Morgan fingerprint density at radius 1 is 1.42 bits per heavy atom. The number of hydrogen-bond acceptors (Lipinski definition) is 2. The summed E-state index contributed by atoms with van der Waals surface area (Å²) >= 11 is 3.19. The number of amides is 1. The molecule has 1 aromatic heterocycles. The molecule has 0 saturated carbocycles. The number of aromatic nitrogens is 1. The van der Waals surface area contributed by atoms with Gasteiger partial charge in [-0.25, -0.2) is 4.98 Å². The van der Waals surface area contributed by atoms with Gasteiger partial charge < -0.3 is 4.90 Å². The van der Waals surface area contributed by atoms with Crippen LogP contribution in [0.2, 0.25) is 0 Å². The molecule has 0 N–H and O–H groups in total. The number of nitrogens with zero attached hydrogens (tertiary/aromatic N) is 2. The second-order valence-corrected chi connectivity index (χ2v) is 5.41. The van der Waals surface area contributed by atoms with Crippen LogP contribution in [0.4, 0.5) is 13.2 Å². The first-order valence-electron chi connectivity index (χ1n) is 5.85. The monoisotopic (exact) mass is 336 g/mol. The lowest BCUT2D eigenvalue weighted by Gasteiger charge is -2.33. The van der Waals surface area contributed by atoms with E-state index in [0.29, 0.717) is 13.0 Å². The Bertz CT molecular complexity index is 461. The lowest BCUT2D eigenvalue weighted by atomic mass is 9.97. The molecule has 0 spiro atoms. The first kappa shape index (κ1) is 14.3. The zero-order chi connectivity index (χ0) is 14.0.